The van der Waals surface area contributed by atoms with Crippen LogP contribution in [-0.2, 0) is 9.47 Å². The van der Waals surface area contributed by atoms with Gasteiger partial charge in [-0.2, -0.15) is 0 Å². The van der Waals surface area contributed by atoms with Crippen LogP contribution in [0.1, 0.15) is 12.8 Å². The number of methoxy groups -OCH3 is 1. The van der Waals surface area contributed by atoms with Crippen molar-refractivity contribution in [1.82, 2.24) is 5.32 Å². The van der Waals surface area contributed by atoms with Gasteiger partial charge in [0.05, 0.1) is 12.6 Å². The lowest BCUT2D eigenvalue weighted by Gasteiger charge is -2.42. The van der Waals surface area contributed by atoms with Crippen molar-refractivity contribution in [3.8, 4) is 0 Å². The van der Waals surface area contributed by atoms with Gasteiger partial charge in [0.25, 0.3) is 0 Å². The lowest BCUT2D eigenvalue weighted by molar-refractivity contribution is -0.271. The van der Waals surface area contributed by atoms with Crippen LogP contribution in [0.5, 0.6) is 0 Å². The highest BCUT2D eigenvalue weighted by Gasteiger charge is 2.44. The van der Waals surface area contributed by atoms with Gasteiger partial charge in [-0.25, -0.2) is 0 Å². The first-order chi connectivity index (χ1) is 8.65. The summed E-state index contributed by atoms with van der Waals surface area (Å²) in [5.41, 5.74) is 0. The van der Waals surface area contributed by atoms with Crippen LogP contribution in [0.25, 0.3) is 0 Å². The number of hydrogen-bond donors (Lipinski definition) is 5. The molecule has 1 rings (SSSR count). The molecule has 0 bridgehead atoms. The number of ether oxygens (including phenoxy) is 2. The van der Waals surface area contributed by atoms with E-state index in [0.717, 1.165) is 6.42 Å². The summed E-state index contributed by atoms with van der Waals surface area (Å²) < 4.78 is 10.2. The van der Waals surface area contributed by atoms with Crippen LogP contribution in [0.4, 0.5) is 0 Å². The molecule has 0 aromatic rings. The molecule has 1 aliphatic heterocycles. The summed E-state index contributed by atoms with van der Waals surface area (Å²) in [6.45, 7) is 0.316. The molecule has 0 spiro atoms. The first kappa shape index (κ1) is 15.8. The van der Waals surface area contributed by atoms with Gasteiger partial charge in [0, 0.05) is 13.7 Å². The Morgan fingerprint density at radius 3 is 2.44 bits per heavy atom. The van der Waals surface area contributed by atoms with Crippen molar-refractivity contribution >= 4 is 0 Å². The van der Waals surface area contributed by atoms with E-state index < -0.39 is 30.6 Å². The molecule has 0 amide bonds. The van der Waals surface area contributed by atoms with Crippen molar-refractivity contribution in [2.45, 2.75) is 43.5 Å². The molecule has 7 heteroatoms. The molecule has 108 valence electrons. The second kappa shape index (κ2) is 8.00. The summed E-state index contributed by atoms with van der Waals surface area (Å²) in [6.07, 6.45) is -2.30. The van der Waals surface area contributed by atoms with Crippen LogP contribution in [0.15, 0.2) is 0 Å². The molecule has 0 aromatic heterocycles. The van der Waals surface area contributed by atoms with Crippen molar-refractivity contribution < 1.29 is 29.9 Å². The second-order valence-corrected chi connectivity index (χ2v) is 4.35. The molecule has 1 fully saturated rings. The summed E-state index contributed by atoms with van der Waals surface area (Å²) in [6, 6.07) is -0.625. The maximum Gasteiger partial charge on any atom is 0.185 e. The Balaban J connectivity index is 2.54. The first-order valence-electron chi connectivity index (χ1n) is 6.15. The van der Waals surface area contributed by atoms with Gasteiger partial charge in [0.15, 0.2) is 6.29 Å². The number of rotatable bonds is 7. The second-order valence-electron chi connectivity index (χ2n) is 4.35. The maximum atomic E-state index is 9.97. The van der Waals surface area contributed by atoms with Crippen LogP contribution >= 0.6 is 0 Å². The van der Waals surface area contributed by atoms with Gasteiger partial charge in [-0.05, 0) is 19.4 Å². The Bertz CT molecular complexity index is 214. The molecule has 7 nitrogen and oxygen atoms in total. The summed E-state index contributed by atoms with van der Waals surface area (Å²) in [4.78, 5) is 0. The fraction of sp³-hybridized carbons (Fsp3) is 1.00. The summed E-state index contributed by atoms with van der Waals surface area (Å²) in [7, 11) is 1.39. The topological polar surface area (TPSA) is 111 Å². The average Bonchev–Trinajstić information content (AvgIpc) is 2.38. The number of hydrogen-bond acceptors (Lipinski definition) is 7. The number of aliphatic hydroxyl groups is 4. The molecule has 5 N–H and O–H groups in total. The molecule has 1 aliphatic rings. The molecule has 18 heavy (non-hydrogen) atoms. The van der Waals surface area contributed by atoms with E-state index in [2.05, 4.69) is 5.32 Å². The lowest BCUT2D eigenvalue weighted by atomic mass is 9.96. The molecule has 0 unspecified atom stereocenters. The Labute approximate surface area is 106 Å². The molecule has 0 radical (unpaired) electrons. The van der Waals surface area contributed by atoms with E-state index in [-0.39, 0.29) is 13.2 Å². The Morgan fingerprint density at radius 2 is 1.89 bits per heavy atom. The molecular formula is C11H23NO6. The maximum absolute atomic E-state index is 9.97. The number of unbranched alkanes of at least 4 members (excludes halogenated alkanes) is 1. The van der Waals surface area contributed by atoms with E-state index in [9.17, 15) is 10.2 Å². The van der Waals surface area contributed by atoms with Gasteiger partial charge in [-0.15, -0.1) is 0 Å². The fourth-order valence-electron chi connectivity index (χ4n) is 2.03. The van der Waals surface area contributed by atoms with Crippen molar-refractivity contribution in [2.75, 3.05) is 26.9 Å². The normalized spacial score (nSPS) is 36.8. The summed E-state index contributed by atoms with van der Waals surface area (Å²) in [5, 5.41) is 40.7. The van der Waals surface area contributed by atoms with Gasteiger partial charge in [-0.3, -0.25) is 0 Å². The largest absolute Gasteiger partial charge is 0.396 e. The quantitative estimate of drug-likeness (QED) is 0.332. The highest BCUT2D eigenvalue weighted by Crippen LogP contribution is 2.21. The zero-order valence-electron chi connectivity index (χ0n) is 10.5. The predicted octanol–water partition coefficient (Wildman–Crippen LogP) is -2.20. The summed E-state index contributed by atoms with van der Waals surface area (Å²) >= 11 is 0. The van der Waals surface area contributed by atoms with Gasteiger partial charge < -0.3 is 35.2 Å². The van der Waals surface area contributed by atoms with Crippen molar-refractivity contribution in [3.05, 3.63) is 0 Å². The van der Waals surface area contributed by atoms with Crippen molar-refractivity contribution in [1.29, 1.82) is 0 Å². The van der Waals surface area contributed by atoms with E-state index in [1.807, 2.05) is 0 Å². The molecule has 1 saturated heterocycles. The van der Waals surface area contributed by atoms with Crippen LogP contribution in [-0.4, -0.2) is 77.9 Å². The molecule has 5 atom stereocenters. The average molecular weight is 265 g/mol. The van der Waals surface area contributed by atoms with Crippen LogP contribution in [0.2, 0.25) is 0 Å². The van der Waals surface area contributed by atoms with E-state index in [4.69, 9.17) is 19.7 Å². The molecule has 0 aromatic carbocycles. The van der Waals surface area contributed by atoms with Crippen LogP contribution in [0.3, 0.4) is 0 Å². The standard InChI is InChI=1S/C11H23NO6/c1-17-11-10(16)8(12-4-2-3-5-13)9(15)7(6-14)18-11/h7-16H,2-6H2,1H3/t7-,8-,9-,10+,11+/m1/s1. The number of nitrogens with one attached hydrogen (secondary N) is 1. The third-order valence-electron chi connectivity index (χ3n) is 3.08. The van der Waals surface area contributed by atoms with Gasteiger partial charge in [0.2, 0.25) is 0 Å². The first-order valence-corrected chi connectivity index (χ1v) is 6.15. The zero-order valence-corrected chi connectivity index (χ0v) is 10.5. The van der Waals surface area contributed by atoms with E-state index >= 15 is 0 Å². The van der Waals surface area contributed by atoms with Gasteiger partial charge in [0.1, 0.15) is 18.3 Å². The molecule has 0 saturated carbocycles. The minimum atomic E-state index is -1.01. The lowest BCUT2D eigenvalue weighted by Crippen LogP contribution is -2.64. The van der Waals surface area contributed by atoms with Gasteiger partial charge in [-0.1, -0.05) is 0 Å². The molecule has 0 aliphatic carbocycles. The highest BCUT2D eigenvalue weighted by molar-refractivity contribution is 4.93. The zero-order chi connectivity index (χ0) is 13.5. The highest BCUT2D eigenvalue weighted by atomic mass is 16.7. The fourth-order valence-corrected chi connectivity index (χ4v) is 2.03. The minimum Gasteiger partial charge on any atom is -0.396 e. The van der Waals surface area contributed by atoms with Crippen molar-refractivity contribution in [3.63, 3.8) is 0 Å². The van der Waals surface area contributed by atoms with E-state index in [0.29, 0.717) is 13.0 Å². The Hall–Kier alpha value is -0.280. The van der Waals surface area contributed by atoms with Crippen molar-refractivity contribution in [2.24, 2.45) is 0 Å². The monoisotopic (exact) mass is 265 g/mol. The third-order valence-corrected chi connectivity index (χ3v) is 3.08. The smallest absolute Gasteiger partial charge is 0.185 e. The molecular weight excluding hydrogens is 242 g/mol. The van der Waals surface area contributed by atoms with Crippen LogP contribution in [0, 0.1) is 0 Å². The van der Waals surface area contributed by atoms with E-state index in [1.165, 1.54) is 7.11 Å². The third kappa shape index (κ3) is 3.86. The minimum absolute atomic E-state index is 0.112. The van der Waals surface area contributed by atoms with E-state index in [1.54, 1.807) is 0 Å². The predicted molar refractivity (Wildman–Crippen MR) is 62.9 cm³/mol. The van der Waals surface area contributed by atoms with Crippen LogP contribution < -0.4 is 5.32 Å². The Morgan fingerprint density at radius 1 is 1.17 bits per heavy atom. The number of aliphatic hydroxyl groups excluding tert-OH is 4. The van der Waals surface area contributed by atoms with Gasteiger partial charge >= 0.3 is 0 Å². The molecule has 1 heterocycles. The SMILES string of the molecule is CO[C@H]1O[C@H](CO)[C@@H](O)[C@@H](NCCCCO)[C@@H]1O. The Kier molecular flexibility index (Phi) is 7.02. The summed E-state index contributed by atoms with van der Waals surface area (Å²) in [5.74, 6) is 0.